The topological polar surface area (TPSA) is 49.8 Å². The minimum Gasteiger partial charge on any atom is -0.481 e. The zero-order valence-corrected chi connectivity index (χ0v) is 12.2. The van der Waals surface area contributed by atoms with Crippen molar-refractivity contribution in [3.05, 3.63) is 29.8 Å². The monoisotopic (exact) mass is 277 g/mol. The highest BCUT2D eigenvalue weighted by Crippen LogP contribution is 2.19. The summed E-state index contributed by atoms with van der Waals surface area (Å²) in [6.45, 7) is 5.19. The van der Waals surface area contributed by atoms with E-state index >= 15 is 0 Å². The van der Waals surface area contributed by atoms with E-state index in [2.05, 4.69) is 0 Å². The Morgan fingerprint density at radius 2 is 1.75 bits per heavy atom. The van der Waals surface area contributed by atoms with Crippen LogP contribution in [0.25, 0.3) is 0 Å². The summed E-state index contributed by atoms with van der Waals surface area (Å²) in [4.78, 5) is 14.1. The molecular weight excluding hydrogens is 254 g/mol. The van der Waals surface area contributed by atoms with Crippen LogP contribution in [0.3, 0.4) is 0 Å². The van der Waals surface area contributed by atoms with Gasteiger partial charge in [-0.15, -0.1) is 0 Å². The van der Waals surface area contributed by atoms with E-state index in [1.54, 1.807) is 26.0 Å². The fourth-order valence-corrected chi connectivity index (χ4v) is 2.45. The SMILES string of the molecule is CC(Oc1ccc([C@@H](C)O)cc1)C(=O)N1CCCCC1. The first kappa shape index (κ1) is 14.9. The Morgan fingerprint density at radius 1 is 1.15 bits per heavy atom. The van der Waals surface area contributed by atoms with E-state index in [1.807, 2.05) is 17.0 Å². The molecule has 0 aromatic heterocycles. The van der Waals surface area contributed by atoms with Crippen molar-refractivity contribution in [3.63, 3.8) is 0 Å². The largest absolute Gasteiger partial charge is 0.481 e. The summed E-state index contributed by atoms with van der Waals surface area (Å²) in [5.74, 6) is 0.719. The van der Waals surface area contributed by atoms with Gasteiger partial charge in [-0.1, -0.05) is 12.1 Å². The highest BCUT2D eigenvalue weighted by atomic mass is 16.5. The second-order valence-electron chi connectivity index (χ2n) is 5.39. The predicted octanol–water partition coefficient (Wildman–Crippen LogP) is 2.52. The summed E-state index contributed by atoms with van der Waals surface area (Å²) in [5.41, 5.74) is 0.840. The van der Waals surface area contributed by atoms with E-state index in [9.17, 15) is 9.90 Å². The number of piperidine rings is 1. The number of benzene rings is 1. The third kappa shape index (κ3) is 3.73. The Hall–Kier alpha value is -1.55. The van der Waals surface area contributed by atoms with Crippen LogP contribution >= 0.6 is 0 Å². The van der Waals surface area contributed by atoms with Crippen LogP contribution < -0.4 is 4.74 Å². The van der Waals surface area contributed by atoms with Crippen LogP contribution in [-0.4, -0.2) is 35.1 Å². The van der Waals surface area contributed by atoms with E-state index < -0.39 is 12.2 Å². The lowest BCUT2D eigenvalue weighted by Crippen LogP contribution is -2.43. The number of likely N-dealkylation sites (tertiary alicyclic amines) is 1. The van der Waals surface area contributed by atoms with Crippen molar-refractivity contribution >= 4 is 5.91 Å². The molecule has 4 heteroatoms. The molecule has 1 fully saturated rings. The predicted molar refractivity (Wildman–Crippen MR) is 77.6 cm³/mol. The lowest BCUT2D eigenvalue weighted by Gasteiger charge is -2.29. The van der Waals surface area contributed by atoms with E-state index in [0.717, 1.165) is 31.5 Å². The molecule has 110 valence electrons. The molecule has 0 bridgehead atoms. The zero-order valence-electron chi connectivity index (χ0n) is 12.2. The number of carbonyl (C=O) groups excluding carboxylic acids is 1. The number of carbonyl (C=O) groups is 1. The quantitative estimate of drug-likeness (QED) is 0.920. The van der Waals surface area contributed by atoms with Crippen molar-refractivity contribution < 1.29 is 14.6 Å². The minimum absolute atomic E-state index is 0.0595. The standard InChI is InChI=1S/C16H23NO3/c1-12(18)14-6-8-15(9-7-14)20-13(2)16(19)17-10-4-3-5-11-17/h6-9,12-13,18H,3-5,10-11H2,1-2H3/t12-,13?/m1/s1. The molecule has 1 unspecified atom stereocenters. The molecule has 0 aliphatic carbocycles. The van der Waals surface area contributed by atoms with Gasteiger partial charge in [0.1, 0.15) is 5.75 Å². The molecule has 20 heavy (non-hydrogen) atoms. The molecular formula is C16H23NO3. The summed E-state index contributed by atoms with van der Waals surface area (Å²) in [6, 6.07) is 7.22. The van der Waals surface area contributed by atoms with Gasteiger partial charge >= 0.3 is 0 Å². The van der Waals surface area contributed by atoms with Crippen molar-refractivity contribution in [1.29, 1.82) is 0 Å². The van der Waals surface area contributed by atoms with Crippen LogP contribution in [0.2, 0.25) is 0 Å². The van der Waals surface area contributed by atoms with Crippen molar-refractivity contribution in [2.45, 2.75) is 45.3 Å². The van der Waals surface area contributed by atoms with Crippen molar-refractivity contribution in [2.75, 3.05) is 13.1 Å². The van der Waals surface area contributed by atoms with E-state index in [1.165, 1.54) is 6.42 Å². The van der Waals surface area contributed by atoms with Crippen molar-refractivity contribution in [3.8, 4) is 5.75 Å². The number of ether oxygens (including phenoxy) is 1. The Bertz CT molecular complexity index is 436. The molecule has 0 spiro atoms. The normalized spacial score (nSPS) is 18.4. The van der Waals surface area contributed by atoms with Gasteiger partial charge in [-0.2, -0.15) is 0 Å². The first-order chi connectivity index (χ1) is 9.58. The number of hydrogen-bond acceptors (Lipinski definition) is 3. The third-order valence-electron chi connectivity index (χ3n) is 3.69. The van der Waals surface area contributed by atoms with Crippen LogP contribution in [0.1, 0.15) is 44.8 Å². The fraction of sp³-hybridized carbons (Fsp3) is 0.562. The summed E-state index contributed by atoms with van der Waals surface area (Å²) in [6.07, 6.45) is 2.42. The van der Waals surface area contributed by atoms with Gasteiger partial charge in [0.2, 0.25) is 0 Å². The third-order valence-corrected chi connectivity index (χ3v) is 3.69. The molecule has 1 saturated heterocycles. The molecule has 1 aromatic rings. The molecule has 1 aromatic carbocycles. The number of rotatable bonds is 4. The number of aliphatic hydroxyl groups excluding tert-OH is 1. The summed E-state index contributed by atoms with van der Waals surface area (Å²) >= 11 is 0. The molecule has 1 aliphatic rings. The fourth-order valence-electron chi connectivity index (χ4n) is 2.45. The van der Waals surface area contributed by atoms with Gasteiger partial charge in [-0.3, -0.25) is 4.79 Å². The van der Waals surface area contributed by atoms with Crippen molar-refractivity contribution in [1.82, 2.24) is 4.90 Å². The lowest BCUT2D eigenvalue weighted by molar-refractivity contribution is -0.138. The maximum atomic E-state index is 12.2. The number of nitrogens with zero attached hydrogens (tertiary/aromatic N) is 1. The number of hydrogen-bond donors (Lipinski definition) is 1. The molecule has 1 amide bonds. The molecule has 0 saturated carbocycles. The van der Waals surface area contributed by atoms with Gasteiger partial charge in [0.05, 0.1) is 6.10 Å². The van der Waals surface area contributed by atoms with Crippen LogP contribution in [0.4, 0.5) is 0 Å². The minimum atomic E-state index is -0.489. The second-order valence-corrected chi connectivity index (χ2v) is 5.39. The molecule has 4 nitrogen and oxygen atoms in total. The Kier molecular flexibility index (Phi) is 5.01. The molecule has 1 N–H and O–H groups in total. The van der Waals surface area contributed by atoms with E-state index in [-0.39, 0.29) is 5.91 Å². The smallest absolute Gasteiger partial charge is 0.263 e. The average Bonchev–Trinajstić information content (AvgIpc) is 2.48. The second kappa shape index (κ2) is 6.75. The van der Waals surface area contributed by atoms with Crippen LogP contribution in [0.5, 0.6) is 5.75 Å². The maximum absolute atomic E-state index is 12.2. The van der Waals surface area contributed by atoms with Crippen LogP contribution in [0, 0.1) is 0 Å². The van der Waals surface area contributed by atoms with Gasteiger partial charge in [-0.05, 0) is 50.8 Å². The average molecular weight is 277 g/mol. The van der Waals surface area contributed by atoms with E-state index in [0.29, 0.717) is 5.75 Å². The van der Waals surface area contributed by atoms with Gasteiger partial charge in [0.25, 0.3) is 5.91 Å². The lowest BCUT2D eigenvalue weighted by atomic mass is 10.1. The highest BCUT2D eigenvalue weighted by molar-refractivity contribution is 5.81. The van der Waals surface area contributed by atoms with Gasteiger partial charge < -0.3 is 14.7 Å². The molecule has 0 radical (unpaired) electrons. The first-order valence-electron chi connectivity index (χ1n) is 7.31. The Labute approximate surface area is 120 Å². The summed E-state index contributed by atoms with van der Waals surface area (Å²) in [5, 5.41) is 9.45. The first-order valence-corrected chi connectivity index (χ1v) is 7.31. The Balaban J connectivity index is 1.92. The van der Waals surface area contributed by atoms with Gasteiger partial charge in [-0.25, -0.2) is 0 Å². The molecule has 1 heterocycles. The van der Waals surface area contributed by atoms with E-state index in [4.69, 9.17) is 4.74 Å². The van der Waals surface area contributed by atoms with Gasteiger partial charge in [0.15, 0.2) is 6.10 Å². The zero-order chi connectivity index (χ0) is 14.5. The Morgan fingerprint density at radius 3 is 2.30 bits per heavy atom. The van der Waals surface area contributed by atoms with Crippen LogP contribution in [-0.2, 0) is 4.79 Å². The highest BCUT2D eigenvalue weighted by Gasteiger charge is 2.23. The van der Waals surface area contributed by atoms with Crippen molar-refractivity contribution in [2.24, 2.45) is 0 Å². The molecule has 2 rings (SSSR count). The molecule has 1 aliphatic heterocycles. The summed E-state index contributed by atoms with van der Waals surface area (Å²) in [7, 11) is 0. The summed E-state index contributed by atoms with van der Waals surface area (Å²) < 4.78 is 5.69. The number of aliphatic hydroxyl groups is 1. The van der Waals surface area contributed by atoms with Gasteiger partial charge in [0, 0.05) is 13.1 Å². The maximum Gasteiger partial charge on any atom is 0.263 e. The van der Waals surface area contributed by atoms with Crippen LogP contribution in [0.15, 0.2) is 24.3 Å². The number of amides is 1. The molecule has 2 atom stereocenters.